The Bertz CT molecular complexity index is 1120. The second-order valence-electron chi connectivity index (χ2n) is 9.17. The Kier molecular flexibility index (Phi) is 3.86. The van der Waals surface area contributed by atoms with Gasteiger partial charge in [0.1, 0.15) is 11.9 Å². The van der Waals surface area contributed by atoms with Crippen LogP contribution in [0.5, 0.6) is 5.75 Å². The van der Waals surface area contributed by atoms with Gasteiger partial charge in [-0.1, -0.05) is 23.4 Å². The van der Waals surface area contributed by atoms with Crippen LogP contribution in [-0.4, -0.2) is 30.7 Å². The van der Waals surface area contributed by atoms with Crippen LogP contribution in [0, 0.1) is 43.4 Å². The lowest BCUT2D eigenvalue weighted by Gasteiger charge is -2.29. The highest BCUT2D eigenvalue weighted by molar-refractivity contribution is 6.23. The summed E-state index contributed by atoms with van der Waals surface area (Å²) in [6, 6.07) is 13.7. The maximum atomic E-state index is 13.6. The molecule has 2 heterocycles. The van der Waals surface area contributed by atoms with Gasteiger partial charge in [0.15, 0.2) is 0 Å². The number of oxime groups is 1. The highest BCUT2D eigenvalue weighted by atomic mass is 16.6. The maximum absolute atomic E-state index is 13.6. The lowest BCUT2D eigenvalue weighted by Crippen LogP contribution is -2.41. The van der Waals surface area contributed by atoms with Gasteiger partial charge in [-0.2, -0.15) is 0 Å². The molecule has 0 spiro atoms. The van der Waals surface area contributed by atoms with Crippen LogP contribution in [0.3, 0.4) is 0 Å². The SMILES string of the molecule is COc1ccc(C2=NO[C@@H]3[C@H]4C[C@@H]([C@@H]23)[C@H]2C(=O)N(c3c(C)cccc3C)C(=O)[C@@H]42)cc1. The zero-order valence-electron chi connectivity index (χ0n) is 17.7. The number of benzene rings is 2. The molecule has 6 rings (SSSR count). The van der Waals surface area contributed by atoms with Gasteiger partial charge in [0.05, 0.1) is 30.3 Å². The number of nitrogens with zero attached hydrogens (tertiary/aromatic N) is 2. The number of imide groups is 1. The normalized spacial score (nSPS) is 32.7. The lowest BCUT2D eigenvalue weighted by atomic mass is 9.71. The number of rotatable bonds is 3. The Morgan fingerprint density at radius 2 is 1.58 bits per heavy atom. The van der Waals surface area contributed by atoms with Crippen LogP contribution in [0.2, 0.25) is 0 Å². The van der Waals surface area contributed by atoms with E-state index < -0.39 is 0 Å². The van der Waals surface area contributed by atoms with E-state index in [-0.39, 0.29) is 47.5 Å². The summed E-state index contributed by atoms with van der Waals surface area (Å²) in [5, 5.41) is 4.41. The van der Waals surface area contributed by atoms with Crippen molar-refractivity contribution in [2.24, 2.45) is 34.7 Å². The number of fused-ring (bicyclic) bond motifs is 8. The molecular weight excluding hydrogens is 392 g/mol. The van der Waals surface area contributed by atoms with Gasteiger partial charge < -0.3 is 9.57 Å². The molecule has 31 heavy (non-hydrogen) atoms. The number of para-hydroxylation sites is 1. The number of hydrogen-bond acceptors (Lipinski definition) is 5. The van der Waals surface area contributed by atoms with Crippen molar-refractivity contribution >= 4 is 23.2 Å². The van der Waals surface area contributed by atoms with Crippen molar-refractivity contribution in [2.75, 3.05) is 12.0 Å². The van der Waals surface area contributed by atoms with Crippen LogP contribution in [0.4, 0.5) is 5.69 Å². The summed E-state index contributed by atoms with van der Waals surface area (Å²) in [5.74, 6) is 0.229. The minimum Gasteiger partial charge on any atom is -0.497 e. The molecule has 4 aliphatic rings. The van der Waals surface area contributed by atoms with Gasteiger partial charge >= 0.3 is 0 Å². The highest BCUT2D eigenvalue weighted by Crippen LogP contribution is 2.62. The first-order valence-corrected chi connectivity index (χ1v) is 10.8. The predicted molar refractivity (Wildman–Crippen MR) is 115 cm³/mol. The largest absolute Gasteiger partial charge is 0.497 e. The number of anilines is 1. The summed E-state index contributed by atoms with van der Waals surface area (Å²) in [5.41, 5.74) is 4.53. The van der Waals surface area contributed by atoms with Crippen LogP contribution in [0.1, 0.15) is 23.1 Å². The second-order valence-corrected chi connectivity index (χ2v) is 9.17. The molecule has 0 aromatic heterocycles. The third-order valence-corrected chi connectivity index (χ3v) is 7.74. The summed E-state index contributed by atoms with van der Waals surface area (Å²) in [4.78, 5) is 34.5. The Morgan fingerprint density at radius 1 is 0.935 bits per heavy atom. The third kappa shape index (κ3) is 2.36. The van der Waals surface area contributed by atoms with Crippen LogP contribution >= 0.6 is 0 Å². The predicted octanol–water partition coefficient (Wildman–Crippen LogP) is 3.49. The number of amides is 2. The average Bonchev–Trinajstić information content (AvgIpc) is 3.50. The van der Waals surface area contributed by atoms with Crippen LogP contribution in [0.15, 0.2) is 47.6 Å². The Balaban J connectivity index is 1.36. The Morgan fingerprint density at radius 3 is 2.23 bits per heavy atom. The minimum atomic E-state index is -0.303. The Hall–Kier alpha value is -3.15. The van der Waals surface area contributed by atoms with Crippen molar-refractivity contribution < 1.29 is 19.2 Å². The molecule has 6 heteroatoms. The summed E-state index contributed by atoms with van der Waals surface area (Å²) in [7, 11) is 1.64. The molecule has 0 N–H and O–H groups in total. The van der Waals surface area contributed by atoms with E-state index >= 15 is 0 Å². The van der Waals surface area contributed by atoms with Crippen molar-refractivity contribution in [3.8, 4) is 5.75 Å². The van der Waals surface area contributed by atoms with E-state index in [0.29, 0.717) is 0 Å². The van der Waals surface area contributed by atoms with E-state index in [1.54, 1.807) is 7.11 Å². The molecule has 2 aliphatic carbocycles. The number of methoxy groups -OCH3 is 1. The molecule has 2 amide bonds. The first kappa shape index (κ1) is 18.6. The highest BCUT2D eigenvalue weighted by Gasteiger charge is 2.70. The molecule has 158 valence electrons. The molecule has 2 saturated carbocycles. The molecule has 0 radical (unpaired) electrons. The first-order chi connectivity index (χ1) is 15.0. The molecule has 6 atom stereocenters. The molecule has 2 bridgehead atoms. The van der Waals surface area contributed by atoms with Gasteiger partial charge in [-0.25, -0.2) is 4.90 Å². The van der Waals surface area contributed by atoms with Gasteiger partial charge in [-0.15, -0.1) is 0 Å². The maximum Gasteiger partial charge on any atom is 0.238 e. The average molecular weight is 416 g/mol. The zero-order valence-corrected chi connectivity index (χ0v) is 17.7. The number of carbonyl (C=O) groups excluding carboxylic acids is 2. The van der Waals surface area contributed by atoms with Crippen LogP contribution in [0.25, 0.3) is 0 Å². The Labute approximate surface area is 180 Å². The molecule has 2 aromatic rings. The first-order valence-electron chi connectivity index (χ1n) is 10.8. The quantitative estimate of drug-likeness (QED) is 0.719. The van der Waals surface area contributed by atoms with E-state index in [1.165, 1.54) is 4.90 Å². The monoisotopic (exact) mass is 416 g/mol. The van der Waals surface area contributed by atoms with Crippen molar-refractivity contribution in [2.45, 2.75) is 26.4 Å². The lowest BCUT2D eigenvalue weighted by molar-refractivity contribution is -0.125. The summed E-state index contributed by atoms with van der Waals surface area (Å²) in [6.45, 7) is 3.91. The fourth-order valence-corrected chi connectivity index (χ4v) is 6.51. The molecular formula is C25H24N2O4. The van der Waals surface area contributed by atoms with Crippen molar-refractivity contribution in [1.29, 1.82) is 0 Å². The van der Waals surface area contributed by atoms with E-state index in [4.69, 9.17) is 9.57 Å². The molecule has 2 aliphatic heterocycles. The van der Waals surface area contributed by atoms with Crippen LogP contribution in [-0.2, 0) is 14.4 Å². The number of aryl methyl sites for hydroxylation is 2. The van der Waals surface area contributed by atoms with Crippen LogP contribution < -0.4 is 9.64 Å². The number of ether oxygens (including phenoxy) is 1. The van der Waals surface area contributed by atoms with E-state index in [0.717, 1.165) is 40.3 Å². The van der Waals surface area contributed by atoms with Crippen molar-refractivity contribution in [3.63, 3.8) is 0 Å². The fraction of sp³-hybridized carbons (Fsp3) is 0.400. The van der Waals surface area contributed by atoms with Gasteiger partial charge in [0.2, 0.25) is 11.8 Å². The molecule has 2 aromatic carbocycles. The summed E-state index contributed by atoms with van der Waals surface area (Å²) >= 11 is 0. The van der Waals surface area contributed by atoms with E-state index in [9.17, 15) is 9.59 Å². The number of carbonyl (C=O) groups is 2. The van der Waals surface area contributed by atoms with Gasteiger partial charge in [-0.05, 0) is 61.6 Å². The third-order valence-electron chi connectivity index (χ3n) is 7.74. The topological polar surface area (TPSA) is 68.2 Å². The molecule has 3 fully saturated rings. The van der Waals surface area contributed by atoms with Gasteiger partial charge in [0.25, 0.3) is 0 Å². The van der Waals surface area contributed by atoms with Crippen molar-refractivity contribution in [3.05, 3.63) is 59.2 Å². The minimum absolute atomic E-state index is 0.0327. The van der Waals surface area contributed by atoms with E-state index in [1.807, 2.05) is 56.3 Å². The van der Waals surface area contributed by atoms with Gasteiger partial charge in [0, 0.05) is 17.4 Å². The zero-order chi connectivity index (χ0) is 21.4. The van der Waals surface area contributed by atoms with Gasteiger partial charge in [-0.3, -0.25) is 9.59 Å². The number of hydrogen-bond donors (Lipinski definition) is 0. The fourth-order valence-electron chi connectivity index (χ4n) is 6.51. The summed E-state index contributed by atoms with van der Waals surface area (Å²) < 4.78 is 5.26. The van der Waals surface area contributed by atoms with E-state index in [2.05, 4.69) is 5.16 Å². The molecule has 0 unspecified atom stereocenters. The molecule has 1 saturated heterocycles. The smallest absolute Gasteiger partial charge is 0.238 e. The summed E-state index contributed by atoms with van der Waals surface area (Å²) in [6.07, 6.45) is 0.718. The van der Waals surface area contributed by atoms with Crippen molar-refractivity contribution in [1.82, 2.24) is 0 Å². The standard InChI is InChI=1S/C25H24N2O4/c1-12-5-4-6-13(2)22(12)27-24(28)18-16-11-17(19(18)25(27)29)23-20(16)21(26-31-23)14-7-9-15(30-3)10-8-14/h4-10,16-20,23H,11H2,1-3H3/t16-,17+,18-,19+,20+,23-/m1/s1. The molecule has 6 nitrogen and oxygen atoms in total. The second kappa shape index (κ2) is 6.42.